The summed E-state index contributed by atoms with van der Waals surface area (Å²) in [4.78, 5) is 0. The van der Waals surface area contributed by atoms with Crippen LogP contribution < -0.4 is 10.1 Å². The van der Waals surface area contributed by atoms with Gasteiger partial charge in [-0.2, -0.15) is 5.10 Å². The van der Waals surface area contributed by atoms with Crippen LogP contribution in [0.3, 0.4) is 0 Å². The molecule has 0 aliphatic heterocycles. The van der Waals surface area contributed by atoms with Crippen LogP contribution in [-0.2, 0) is 13.5 Å². The number of ether oxygens (including phenoxy) is 1. The van der Waals surface area contributed by atoms with Crippen molar-refractivity contribution in [3.63, 3.8) is 0 Å². The van der Waals surface area contributed by atoms with Crippen molar-refractivity contribution >= 4 is 15.9 Å². The predicted octanol–water partition coefficient (Wildman–Crippen LogP) is 3.47. The fourth-order valence-corrected chi connectivity index (χ4v) is 2.70. The van der Waals surface area contributed by atoms with Gasteiger partial charge in [0.05, 0.1) is 12.8 Å². The summed E-state index contributed by atoms with van der Waals surface area (Å²) < 4.78 is 8.40. The monoisotopic (exact) mass is 351 g/mol. The summed E-state index contributed by atoms with van der Waals surface area (Å²) in [5, 5.41) is 8.08. The normalized spacial score (nSPS) is 12.4. The van der Waals surface area contributed by atoms with E-state index in [1.807, 2.05) is 24.0 Å². The molecule has 2 aromatic rings. The van der Waals surface area contributed by atoms with Crippen LogP contribution in [0.5, 0.6) is 5.75 Å². The molecule has 0 amide bonds. The Morgan fingerprint density at radius 2 is 2.19 bits per heavy atom. The highest BCUT2D eigenvalue weighted by molar-refractivity contribution is 9.10. The largest absolute Gasteiger partial charge is 0.496 e. The fourth-order valence-electron chi connectivity index (χ4n) is 2.36. The van der Waals surface area contributed by atoms with Gasteiger partial charge in [0.15, 0.2) is 0 Å². The van der Waals surface area contributed by atoms with Crippen molar-refractivity contribution in [1.82, 2.24) is 15.1 Å². The number of hydrogen-bond acceptors (Lipinski definition) is 3. The molecule has 1 unspecified atom stereocenters. The number of rotatable bonds is 7. The Bertz CT molecular complexity index is 583. The van der Waals surface area contributed by atoms with E-state index in [0.29, 0.717) is 0 Å². The van der Waals surface area contributed by atoms with Gasteiger partial charge in [-0.3, -0.25) is 4.68 Å². The van der Waals surface area contributed by atoms with Crippen LogP contribution in [0, 0.1) is 0 Å². The Balaban J connectivity index is 2.26. The van der Waals surface area contributed by atoms with Gasteiger partial charge >= 0.3 is 0 Å². The average molecular weight is 352 g/mol. The Kier molecular flexibility index (Phi) is 5.82. The second kappa shape index (κ2) is 7.61. The van der Waals surface area contributed by atoms with E-state index in [0.717, 1.165) is 35.3 Å². The maximum absolute atomic E-state index is 5.53. The van der Waals surface area contributed by atoms with Gasteiger partial charge in [0, 0.05) is 35.7 Å². The minimum atomic E-state index is 0.197. The summed E-state index contributed by atoms with van der Waals surface area (Å²) in [7, 11) is 3.65. The number of halogens is 1. The van der Waals surface area contributed by atoms with E-state index in [9.17, 15) is 0 Å². The highest BCUT2D eigenvalue weighted by Gasteiger charge is 2.17. The van der Waals surface area contributed by atoms with E-state index in [1.54, 1.807) is 7.11 Å². The zero-order valence-corrected chi connectivity index (χ0v) is 14.4. The molecule has 4 nitrogen and oxygen atoms in total. The van der Waals surface area contributed by atoms with Crippen molar-refractivity contribution < 1.29 is 4.74 Å². The van der Waals surface area contributed by atoms with Crippen molar-refractivity contribution in [3.05, 3.63) is 46.2 Å². The first-order valence-electron chi connectivity index (χ1n) is 7.19. The van der Waals surface area contributed by atoms with Gasteiger partial charge in [-0.1, -0.05) is 28.9 Å². The molecule has 0 saturated carbocycles. The molecule has 0 saturated heterocycles. The summed E-state index contributed by atoms with van der Waals surface area (Å²) in [6.07, 6.45) is 3.92. The molecular weight excluding hydrogens is 330 g/mol. The highest BCUT2D eigenvalue weighted by Crippen LogP contribution is 2.30. The molecule has 0 fully saturated rings. The van der Waals surface area contributed by atoms with Gasteiger partial charge in [0.2, 0.25) is 0 Å². The molecule has 114 valence electrons. The Morgan fingerprint density at radius 1 is 1.38 bits per heavy atom. The number of methoxy groups -OCH3 is 1. The van der Waals surface area contributed by atoms with Crippen LogP contribution in [0.15, 0.2) is 34.9 Å². The van der Waals surface area contributed by atoms with Crippen LogP contribution in [-0.4, -0.2) is 23.4 Å². The molecule has 1 N–H and O–H groups in total. The van der Waals surface area contributed by atoms with E-state index < -0.39 is 0 Å². The quantitative estimate of drug-likeness (QED) is 0.829. The van der Waals surface area contributed by atoms with Crippen molar-refractivity contribution in [3.8, 4) is 5.75 Å². The molecule has 1 atom stereocenters. The first-order chi connectivity index (χ1) is 10.1. The molecular formula is C16H22BrN3O. The minimum absolute atomic E-state index is 0.197. The first kappa shape index (κ1) is 16.0. The lowest BCUT2D eigenvalue weighted by Gasteiger charge is -2.21. The van der Waals surface area contributed by atoms with Gasteiger partial charge in [-0.05, 0) is 31.2 Å². The van der Waals surface area contributed by atoms with Crippen molar-refractivity contribution in [1.29, 1.82) is 0 Å². The smallest absolute Gasteiger partial charge is 0.124 e. The molecule has 0 radical (unpaired) electrons. The van der Waals surface area contributed by atoms with Crippen LogP contribution in [0.25, 0.3) is 0 Å². The number of aryl methyl sites for hydroxylation is 1. The van der Waals surface area contributed by atoms with Crippen LogP contribution in [0.2, 0.25) is 0 Å². The van der Waals surface area contributed by atoms with Gasteiger partial charge in [-0.15, -0.1) is 0 Å². The summed E-state index contributed by atoms with van der Waals surface area (Å²) in [6.45, 7) is 3.14. The van der Waals surface area contributed by atoms with Crippen LogP contribution in [0.4, 0.5) is 0 Å². The lowest BCUT2D eigenvalue weighted by atomic mass is 10.0. The highest BCUT2D eigenvalue weighted by atomic mass is 79.9. The lowest BCUT2D eigenvalue weighted by molar-refractivity contribution is 0.397. The Morgan fingerprint density at radius 3 is 2.81 bits per heavy atom. The third-order valence-corrected chi connectivity index (χ3v) is 3.89. The topological polar surface area (TPSA) is 39.1 Å². The molecule has 0 aliphatic carbocycles. The number of hydrogen-bond donors (Lipinski definition) is 1. The van der Waals surface area contributed by atoms with Gasteiger partial charge < -0.3 is 10.1 Å². The molecule has 2 rings (SSSR count). The van der Waals surface area contributed by atoms with Gasteiger partial charge in [-0.25, -0.2) is 0 Å². The number of aromatic nitrogens is 2. The molecule has 0 spiro atoms. The maximum Gasteiger partial charge on any atom is 0.124 e. The zero-order valence-electron chi connectivity index (χ0n) is 12.8. The second-order valence-corrected chi connectivity index (χ2v) is 5.99. The molecule has 1 aromatic heterocycles. The summed E-state index contributed by atoms with van der Waals surface area (Å²) in [6, 6.07) is 8.43. The maximum atomic E-state index is 5.53. The van der Waals surface area contributed by atoms with Crippen molar-refractivity contribution in [2.75, 3.05) is 13.7 Å². The summed E-state index contributed by atoms with van der Waals surface area (Å²) in [5.41, 5.74) is 2.25. The van der Waals surface area contributed by atoms with E-state index >= 15 is 0 Å². The third kappa shape index (κ3) is 4.32. The standard InChI is InChI=1S/C16H22BrN3O/c1-4-8-18-15(11-13-7-9-20(2)19-13)14-6-5-12(17)10-16(14)21-3/h5-7,9-10,15,18H,4,8,11H2,1-3H3. The van der Waals surface area contributed by atoms with E-state index in [4.69, 9.17) is 4.74 Å². The molecule has 5 heteroatoms. The number of nitrogens with one attached hydrogen (secondary N) is 1. The molecule has 0 aliphatic rings. The SMILES string of the molecule is CCCNC(Cc1ccn(C)n1)c1ccc(Br)cc1OC. The number of benzene rings is 1. The van der Waals surface area contributed by atoms with E-state index in [1.165, 1.54) is 5.56 Å². The summed E-state index contributed by atoms with van der Waals surface area (Å²) >= 11 is 3.49. The van der Waals surface area contributed by atoms with Crippen LogP contribution in [0.1, 0.15) is 30.6 Å². The summed E-state index contributed by atoms with van der Waals surface area (Å²) in [5.74, 6) is 0.897. The van der Waals surface area contributed by atoms with Crippen LogP contribution >= 0.6 is 15.9 Å². The van der Waals surface area contributed by atoms with E-state index in [2.05, 4.69) is 51.5 Å². The Hall–Kier alpha value is -1.33. The predicted molar refractivity (Wildman–Crippen MR) is 88.6 cm³/mol. The molecule has 1 aromatic carbocycles. The lowest BCUT2D eigenvalue weighted by Crippen LogP contribution is -2.24. The number of nitrogens with zero attached hydrogens (tertiary/aromatic N) is 2. The first-order valence-corrected chi connectivity index (χ1v) is 7.98. The van der Waals surface area contributed by atoms with Gasteiger partial charge in [0.25, 0.3) is 0 Å². The van der Waals surface area contributed by atoms with E-state index in [-0.39, 0.29) is 6.04 Å². The van der Waals surface area contributed by atoms with Crippen molar-refractivity contribution in [2.45, 2.75) is 25.8 Å². The molecule has 1 heterocycles. The Labute approximate surface area is 134 Å². The molecule has 21 heavy (non-hydrogen) atoms. The van der Waals surface area contributed by atoms with Gasteiger partial charge in [0.1, 0.15) is 5.75 Å². The molecule has 0 bridgehead atoms. The van der Waals surface area contributed by atoms with Crippen molar-refractivity contribution in [2.24, 2.45) is 7.05 Å². The minimum Gasteiger partial charge on any atom is -0.496 e. The zero-order chi connectivity index (χ0) is 15.2. The average Bonchev–Trinajstić information content (AvgIpc) is 2.88. The third-order valence-electron chi connectivity index (χ3n) is 3.39. The fraction of sp³-hybridized carbons (Fsp3) is 0.438. The second-order valence-electron chi connectivity index (χ2n) is 5.08.